The Labute approximate surface area is 216 Å². The number of rotatable bonds is 20. The van der Waals surface area contributed by atoms with Crippen molar-refractivity contribution < 1.29 is 39.7 Å². The largest absolute Gasteiger partial charge is 0.394 e. The summed E-state index contributed by atoms with van der Waals surface area (Å²) in [7, 11) is 0. The topological polar surface area (TPSA) is 144 Å². The molecule has 2 rings (SSSR count). The third kappa shape index (κ3) is 11.4. The molecule has 0 aliphatic carbocycles. The van der Waals surface area contributed by atoms with Gasteiger partial charge in [0, 0.05) is 0 Å². The first-order valence-corrected chi connectivity index (χ1v) is 14.1. The fourth-order valence-corrected chi connectivity index (χ4v) is 4.52. The van der Waals surface area contributed by atoms with E-state index in [2.05, 4.69) is 12.2 Å². The summed E-state index contributed by atoms with van der Waals surface area (Å²) >= 11 is 0. The smallest absolute Gasteiger partial charge is 0.186 e. The zero-order valence-electron chi connectivity index (χ0n) is 22.2. The van der Waals surface area contributed by atoms with Crippen LogP contribution in [0.5, 0.6) is 0 Å². The Hall–Kier alpha value is -0.620. The van der Waals surface area contributed by atoms with Gasteiger partial charge in [-0.25, -0.2) is 0 Å². The zero-order chi connectivity index (χ0) is 26.3. The van der Waals surface area contributed by atoms with Crippen LogP contribution in [0.3, 0.4) is 0 Å². The summed E-state index contributed by atoms with van der Waals surface area (Å²) in [6.45, 7) is 3.61. The third-order valence-electron chi connectivity index (χ3n) is 7.10. The minimum absolute atomic E-state index is 0.0286. The van der Waals surface area contributed by atoms with Crippen LogP contribution in [0.25, 0.3) is 0 Å². The van der Waals surface area contributed by atoms with Crippen LogP contribution in [0.15, 0.2) is 12.2 Å². The van der Waals surface area contributed by atoms with E-state index in [1.54, 1.807) is 6.08 Å². The van der Waals surface area contributed by atoms with Crippen LogP contribution in [0.1, 0.15) is 90.9 Å². The summed E-state index contributed by atoms with van der Waals surface area (Å²) in [5, 5.41) is 53.3. The maximum atomic E-state index is 10.7. The maximum absolute atomic E-state index is 10.7. The highest BCUT2D eigenvalue weighted by Crippen LogP contribution is 2.23. The normalized spacial score (nSPS) is 32.1. The van der Waals surface area contributed by atoms with Gasteiger partial charge in [0.05, 0.1) is 31.5 Å². The molecule has 0 radical (unpaired) electrons. The fourth-order valence-electron chi connectivity index (χ4n) is 4.52. The molecule has 0 aromatic heterocycles. The Morgan fingerprint density at radius 1 is 0.861 bits per heavy atom. The highest BCUT2D eigenvalue weighted by atomic mass is 16.7. The molecule has 6 N–H and O–H groups in total. The fraction of sp³-hybridized carbons (Fsp3) is 0.926. The minimum atomic E-state index is -1.50. The second-order valence-corrected chi connectivity index (χ2v) is 10.3. The van der Waals surface area contributed by atoms with Crippen molar-refractivity contribution in [2.75, 3.05) is 13.2 Å². The molecule has 2 fully saturated rings. The molecule has 0 bridgehead atoms. The Morgan fingerprint density at radius 3 is 2.00 bits per heavy atom. The Bertz CT molecular complexity index is 592. The van der Waals surface area contributed by atoms with Crippen molar-refractivity contribution in [1.29, 1.82) is 0 Å². The van der Waals surface area contributed by atoms with E-state index < -0.39 is 49.5 Å². The number of nitrogens with one attached hydrogen (secondary N) is 1. The number of allylic oxidation sites excluding steroid dienone is 1. The molecule has 9 heteroatoms. The molecule has 2 heterocycles. The number of hydrogen-bond donors (Lipinski definition) is 6. The standard InChI is InChI=1S/C27H51NO8/c1-3-4-5-6-7-8-9-10-11-12-13-14-15-16-21(30)20(28-26-19(2)35-26)18-34-27-25(33)24(32)23(31)22(17-29)36-27/h15-16,19-33H,3-14,17-18H2,1-2H3/b16-15+/t19?,20-,21+,22?,23?,24?,25?,26?,27?/m0/s1. The molecule has 0 spiro atoms. The number of epoxide rings is 1. The predicted octanol–water partition coefficient (Wildman–Crippen LogP) is 2.12. The molecule has 36 heavy (non-hydrogen) atoms. The molecule has 2 aliphatic heterocycles. The molecular weight excluding hydrogens is 466 g/mol. The first-order chi connectivity index (χ1) is 17.4. The van der Waals surface area contributed by atoms with Crippen molar-refractivity contribution >= 4 is 0 Å². The molecule has 9 atom stereocenters. The van der Waals surface area contributed by atoms with Gasteiger partial charge in [0.1, 0.15) is 30.6 Å². The lowest BCUT2D eigenvalue weighted by molar-refractivity contribution is -0.302. The first-order valence-electron chi connectivity index (χ1n) is 14.1. The van der Waals surface area contributed by atoms with E-state index in [0.717, 1.165) is 12.8 Å². The lowest BCUT2D eigenvalue weighted by Gasteiger charge is -2.40. The average molecular weight is 518 g/mol. The van der Waals surface area contributed by atoms with Crippen molar-refractivity contribution in [1.82, 2.24) is 5.32 Å². The zero-order valence-corrected chi connectivity index (χ0v) is 22.2. The van der Waals surface area contributed by atoms with Crippen molar-refractivity contribution in [2.45, 2.75) is 146 Å². The van der Waals surface area contributed by atoms with Gasteiger partial charge in [-0.05, 0) is 19.8 Å². The van der Waals surface area contributed by atoms with Crippen LogP contribution in [-0.2, 0) is 14.2 Å². The summed E-state index contributed by atoms with van der Waals surface area (Å²) in [4.78, 5) is 0. The van der Waals surface area contributed by atoms with E-state index >= 15 is 0 Å². The Kier molecular flexibility index (Phi) is 15.6. The van der Waals surface area contributed by atoms with Gasteiger partial charge in [-0.2, -0.15) is 0 Å². The van der Waals surface area contributed by atoms with Gasteiger partial charge in [-0.1, -0.05) is 83.3 Å². The number of ether oxygens (including phenoxy) is 3. The third-order valence-corrected chi connectivity index (χ3v) is 7.10. The van der Waals surface area contributed by atoms with Crippen LogP contribution in [0.4, 0.5) is 0 Å². The predicted molar refractivity (Wildman–Crippen MR) is 137 cm³/mol. The molecule has 0 aromatic rings. The van der Waals surface area contributed by atoms with Crippen LogP contribution in [0, 0.1) is 0 Å². The lowest BCUT2D eigenvalue weighted by atomic mass is 9.99. The van der Waals surface area contributed by atoms with Crippen molar-refractivity contribution in [2.24, 2.45) is 0 Å². The van der Waals surface area contributed by atoms with Crippen LogP contribution in [0.2, 0.25) is 0 Å². The summed E-state index contributed by atoms with van der Waals surface area (Å²) in [6, 6.07) is -0.527. The Morgan fingerprint density at radius 2 is 1.44 bits per heavy atom. The van der Waals surface area contributed by atoms with Gasteiger partial charge in [0.15, 0.2) is 6.29 Å². The summed E-state index contributed by atoms with van der Waals surface area (Å²) in [5.41, 5.74) is 0. The highest BCUT2D eigenvalue weighted by Gasteiger charge is 2.44. The lowest BCUT2D eigenvalue weighted by Crippen LogP contribution is -2.59. The number of hydrogen-bond acceptors (Lipinski definition) is 9. The van der Waals surface area contributed by atoms with E-state index in [9.17, 15) is 25.5 Å². The van der Waals surface area contributed by atoms with Crippen LogP contribution < -0.4 is 5.32 Å². The molecule has 0 aromatic carbocycles. The molecule has 0 amide bonds. The molecule has 212 valence electrons. The molecule has 9 nitrogen and oxygen atoms in total. The second-order valence-electron chi connectivity index (χ2n) is 10.3. The summed E-state index contributed by atoms with van der Waals surface area (Å²) in [5.74, 6) is 0. The van der Waals surface area contributed by atoms with E-state index in [1.807, 2.05) is 13.0 Å². The molecule has 2 aliphatic rings. The van der Waals surface area contributed by atoms with Crippen molar-refractivity contribution in [3.63, 3.8) is 0 Å². The van der Waals surface area contributed by atoms with Gasteiger partial charge >= 0.3 is 0 Å². The van der Waals surface area contributed by atoms with E-state index in [4.69, 9.17) is 14.2 Å². The van der Waals surface area contributed by atoms with Gasteiger partial charge in [-0.15, -0.1) is 0 Å². The summed E-state index contributed by atoms with van der Waals surface area (Å²) in [6.07, 6.45) is 11.2. The van der Waals surface area contributed by atoms with E-state index in [0.29, 0.717) is 0 Å². The summed E-state index contributed by atoms with van der Waals surface area (Å²) < 4.78 is 16.4. The van der Waals surface area contributed by atoms with E-state index in [-0.39, 0.29) is 18.9 Å². The number of aliphatic hydroxyl groups is 5. The Balaban J connectivity index is 1.66. The van der Waals surface area contributed by atoms with Crippen molar-refractivity contribution in [3.8, 4) is 0 Å². The van der Waals surface area contributed by atoms with Crippen LogP contribution in [-0.4, -0.2) is 93.9 Å². The van der Waals surface area contributed by atoms with Crippen LogP contribution >= 0.6 is 0 Å². The van der Waals surface area contributed by atoms with Gasteiger partial charge in [-0.3, -0.25) is 5.32 Å². The molecule has 7 unspecified atom stereocenters. The average Bonchev–Trinajstić information content (AvgIpc) is 3.58. The minimum Gasteiger partial charge on any atom is -0.394 e. The highest BCUT2D eigenvalue weighted by molar-refractivity contribution is 4.97. The quantitative estimate of drug-likeness (QED) is 0.0813. The van der Waals surface area contributed by atoms with Gasteiger partial charge < -0.3 is 39.7 Å². The van der Waals surface area contributed by atoms with Gasteiger partial charge in [0.2, 0.25) is 0 Å². The number of unbranched alkanes of at least 4 members (excludes halogenated alkanes) is 11. The second kappa shape index (κ2) is 17.8. The molecular formula is C27H51NO8. The SMILES string of the molecule is CCCCCCCCCCCCC/C=C/[C@@H](O)[C@H](COC1OC(CO)C(O)C(O)C1O)NC1OC1C. The van der Waals surface area contributed by atoms with E-state index in [1.165, 1.54) is 64.2 Å². The van der Waals surface area contributed by atoms with Gasteiger partial charge in [0.25, 0.3) is 0 Å². The first kappa shape index (κ1) is 31.6. The monoisotopic (exact) mass is 517 g/mol. The molecule has 2 saturated heterocycles. The molecule has 0 saturated carbocycles. The maximum Gasteiger partial charge on any atom is 0.186 e. The van der Waals surface area contributed by atoms with Crippen molar-refractivity contribution in [3.05, 3.63) is 12.2 Å². The number of aliphatic hydroxyl groups excluding tert-OH is 5.